The number of hydrogen-bond acceptors (Lipinski definition) is 4. The van der Waals surface area contributed by atoms with Crippen LogP contribution in [-0.4, -0.2) is 16.5 Å². The zero-order chi connectivity index (χ0) is 10.5. The average Bonchev–Trinajstić information content (AvgIpc) is 2.74. The quantitative estimate of drug-likeness (QED) is 0.865. The van der Waals surface area contributed by atoms with Crippen molar-refractivity contribution in [1.82, 2.24) is 9.97 Å². The highest BCUT2D eigenvalue weighted by Gasteiger charge is 1.97. The molecule has 0 amide bonds. The minimum Gasteiger partial charge on any atom is -0.472 e. The van der Waals surface area contributed by atoms with Gasteiger partial charge in [0, 0.05) is 6.54 Å². The van der Waals surface area contributed by atoms with E-state index in [1.54, 1.807) is 24.9 Å². The van der Waals surface area contributed by atoms with Crippen LogP contribution in [0.2, 0.25) is 5.02 Å². The van der Waals surface area contributed by atoms with Gasteiger partial charge in [-0.2, -0.15) is 0 Å². The molecule has 2 rings (SSSR count). The van der Waals surface area contributed by atoms with Gasteiger partial charge in [-0.15, -0.1) is 0 Å². The van der Waals surface area contributed by atoms with Crippen LogP contribution in [0, 0.1) is 0 Å². The van der Waals surface area contributed by atoms with Gasteiger partial charge in [0.2, 0.25) is 5.95 Å². The van der Waals surface area contributed by atoms with Gasteiger partial charge >= 0.3 is 0 Å². The highest BCUT2D eigenvalue weighted by atomic mass is 35.5. The summed E-state index contributed by atoms with van der Waals surface area (Å²) in [5, 5.41) is 3.63. The molecule has 0 bridgehead atoms. The smallest absolute Gasteiger partial charge is 0.222 e. The zero-order valence-corrected chi connectivity index (χ0v) is 8.74. The Hall–Kier alpha value is -1.55. The van der Waals surface area contributed by atoms with E-state index in [1.165, 1.54) is 0 Å². The Bertz CT molecular complexity index is 399. The number of nitrogens with zero attached hydrogens (tertiary/aromatic N) is 2. The Morgan fingerprint density at radius 3 is 2.80 bits per heavy atom. The molecular formula is C10H10ClN3O. The van der Waals surface area contributed by atoms with Crippen LogP contribution < -0.4 is 5.32 Å². The second-order valence-corrected chi connectivity index (χ2v) is 3.47. The van der Waals surface area contributed by atoms with E-state index >= 15 is 0 Å². The summed E-state index contributed by atoms with van der Waals surface area (Å²) in [7, 11) is 0. The average molecular weight is 224 g/mol. The molecule has 0 radical (unpaired) electrons. The SMILES string of the molecule is Clc1cnc(NCCc2ccoc2)nc1. The molecule has 78 valence electrons. The first-order valence-electron chi connectivity index (χ1n) is 4.57. The number of hydrogen-bond donors (Lipinski definition) is 1. The third kappa shape index (κ3) is 2.95. The lowest BCUT2D eigenvalue weighted by Gasteiger charge is -2.02. The maximum Gasteiger partial charge on any atom is 0.222 e. The predicted octanol–water partition coefficient (Wildman–Crippen LogP) is 2.38. The van der Waals surface area contributed by atoms with E-state index in [9.17, 15) is 0 Å². The van der Waals surface area contributed by atoms with Crippen molar-refractivity contribution in [3.63, 3.8) is 0 Å². The summed E-state index contributed by atoms with van der Waals surface area (Å²) in [5.41, 5.74) is 1.15. The number of furan rings is 1. The molecule has 0 saturated carbocycles. The fraction of sp³-hybridized carbons (Fsp3) is 0.200. The normalized spacial score (nSPS) is 10.2. The summed E-state index contributed by atoms with van der Waals surface area (Å²) in [6, 6.07) is 1.93. The maximum absolute atomic E-state index is 5.66. The molecule has 0 unspecified atom stereocenters. The van der Waals surface area contributed by atoms with Crippen molar-refractivity contribution < 1.29 is 4.42 Å². The first kappa shape index (κ1) is 9.98. The van der Waals surface area contributed by atoms with Gasteiger partial charge < -0.3 is 9.73 Å². The van der Waals surface area contributed by atoms with E-state index in [0.717, 1.165) is 18.5 Å². The lowest BCUT2D eigenvalue weighted by Crippen LogP contribution is -2.07. The number of aromatic nitrogens is 2. The van der Waals surface area contributed by atoms with E-state index in [1.807, 2.05) is 6.07 Å². The number of nitrogens with one attached hydrogen (secondary N) is 1. The Morgan fingerprint density at radius 2 is 2.13 bits per heavy atom. The summed E-state index contributed by atoms with van der Waals surface area (Å²) in [5.74, 6) is 0.586. The second-order valence-electron chi connectivity index (χ2n) is 3.03. The van der Waals surface area contributed by atoms with Crippen LogP contribution in [-0.2, 0) is 6.42 Å². The molecule has 2 heterocycles. The topological polar surface area (TPSA) is 51.0 Å². The molecule has 2 aromatic heterocycles. The van der Waals surface area contributed by atoms with Crippen molar-refractivity contribution >= 4 is 17.5 Å². The first-order valence-corrected chi connectivity index (χ1v) is 4.95. The highest BCUT2D eigenvalue weighted by molar-refractivity contribution is 6.30. The summed E-state index contributed by atoms with van der Waals surface area (Å²) in [6.07, 6.45) is 7.39. The molecule has 0 aliphatic heterocycles. The molecule has 0 spiro atoms. The van der Waals surface area contributed by atoms with E-state index in [-0.39, 0.29) is 0 Å². The molecule has 0 aliphatic carbocycles. The number of halogens is 1. The second kappa shape index (κ2) is 4.79. The fourth-order valence-electron chi connectivity index (χ4n) is 1.16. The molecule has 0 aliphatic rings. The zero-order valence-electron chi connectivity index (χ0n) is 7.98. The molecule has 0 aromatic carbocycles. The molecule has 1 N–H and O–H groups in total. The summed E-state index contributed by atoms with van der Waals surface area (Å²) >= 11 is 5.66. The van der Waals surface area contributed by atoms with Crippen LogP contribution in [0.1, 0.15) is 5.56 Å². The van der Waals surface area contributed by atoms with Crippen molar-refractivity contribution in [1.29, 1.82) is 0 Å². The number of anilines is 1. The lowest BCUT2D eigenvalue weighted by molar-refractivity contribution is 0.564. The molecule has 4 nitrogen and oxygen atoms in total. The summed E-state index contributed by atoms with van der Waals surface area (Å²) in [4.78, 5) is 8.04. The number of rotatable bonds is 4. The van der Waals surface area contributed by atoms with Crippen LogP contribution in [0.15, 0.2) is 35.4 Å². The van der Waals surface area contributed by atoms with E-state index in [2.05, 4.69) is 15.3 Å². The Kier molecular flexibility index (Phi) is 3.19. The summed E-state index contributed by atoms with van der Waals surface area (Å²) in [6.45, 7) is 0.765. The van der Waals surface area contributed by atoms with E-state index in [0.29, 0.717) is 11.0 Å². The Labute approximate surface area is 92.3 Å². The molecule has 0 atom stereocenters. The molecule has 0 fully saturated rings. The third-order valence-corrected chi connectivity index (χ3v) is 2.09. The van der Waals surface area contributed by atoms with Crippen molar-refractivity contribution in [2.75, 3.05) is 11.9 Å². The van der Waals surface area contributed by atoms with Crippen molar-refractivity contribution in [2.45, 2.75) is 6.42 Å². The van der Waals surface area contributed by atoms with E-state index in [4.69, 9.17) is 16.0 Å². The summed E-state index contributed by atoms with van der Waals surface area (Å²) < 4.78 is 4.96. The van der Waals surface area contributed by atoms with Crippen LogP contribution >= 0.6 is 11.6 Å². The first-order chi connectivity index (χ1) is 7.34. The molecule has 15 heavy (non-hydrogen) atoms. The minimum absolute atomic E-state index is 0.537. The maximum atomic E-state index is 5.66. The highest BCUT2D eigenvalue weighted by Crippen LogP contribution is 2.06. The fourth-order valence-corrected chi connectivity index (χ4v) is 1.25. The largest absolute Gasteiger partial charge is 0.472 e. The standard InChI is InChI=1S/C10H10ClN3O/c11-9-5-13-10(14-6-9)12-3-1-8-2-4-15-7-8/h2,4-7H,1,3H2,(H,12,13,14). The van der Waals surface area contributed by atoms with Crippen LogP contribution in [0.4, 0.5) is 5.95 Å². The lowest BCUT2D eigenvalue weighted by atomic mass is 10.2. The third-order valence-electron chi connectivity index (χ3n) is 1.90. The van der Waals surface area contributed by atoms with Gasteiger partial charge in [0.25, 0.3) is 0 Å². The van der Waals surface area contributed by atoms with Crippen molar-refractivity contribution in [2.24, 2.45) is 0 Å². The van der Waals surface area contributed by atoms with Crippen LogP contribution in [0.5, 0.6) is 0 Å². The van der Waals surface area contributed by atoms with Gasteiger partial charge in [0.1, 0.15) is 0 Å². The van der Waals surface area contributed by atoms with Crippen molar-refractivity contribution in [3.8, 4) is 0 Å². The van der Waals surface area contributed by atoms with Gasteiger partial charge in [0.05, 0.1) is 29.9 Å². The Morgan fingerprint density at radius 1 is 1.33 bits per heavy atom. The van der Waals surface area contributed by atoms with Crippen LogP contribution in [0.25, 0.3) is 0 Å². The van der Waals surface area contributed by atoms with Gasteiger partial charge in [-0.1, -0.05) is 11.6 Å². The molecular weight excluding hydrogens is 214 g/mol. The minimum atomic E-state index is 0.537. The van der Waals surface area contributed by atoms with Gasteiger partial charge in [-0.05, 0) is 18.1 Å². The van der Waals surface area contributed by atoms with Gasteiger partial charge in [0.15, 0.2) is 0 Å². The monoisotopic (exact) mass is 223 g/mol. The molecule has 0 saturated heterocycles. The molecule has 2 aromatic rings. The Balaban J connectivity index is 1.81. The van der Waals surface area contributed by atoms with Crippen LogP contribution in [0.3, 0.4) is 0 Å². The molecule has 5 heteroatoms. The predicted molar refractivity (Wildman–Crippen MR) is 57.9 cm³/mol. The van der Waals surface area contributed by atoms with Gasteiger partial charge in [-0.25, -0.2) is 9.97 Å². The van der Waals surface area contributed by atoms with Crippen molar-refractivity contribution in [3.05, 3.63) is 41.6 Å². The van der Waals surface area contributed by atoms with Gasteiger partial charge in [-0.3, -0.25) is 0 Å². The van der Waals surface area contributed by atoms with E-state index < -0.39 is 0 Å².